The lowest BCUT2D eigenvalue weighted by molar-refractivity contribution is 0.269. The molecular formula is C18H26FN3O. The SMILES string of the molecule is COc1c(CN[C@H](c2ccc(F)cc2)C(C)(C)C)c(C)nn1C. The van der Waals surface area contributed by atoms with Crippen molar-refractivity contribution in [2.45, 2.75) is 40.3 Å². The Balaban J connectivity index is 2.25. The molecule has 0 saturated heterocycles. The molecular weight excluding hydrogens is 293 g/mol. The van der Waals surface area contributed by atoms with Gasteiger partial charge in [0, 0.05) is 19.6 Å². The summed E-state index contributed by atoms with van der Waals surface area (Å²) in [5.74, 6) is 0.549. The van der Waals surface area contributed by atoms with Crippen LogP contribution in [0.2, 0.25) is 0 Å². The Labute approximate surface area is 137 Å². The predicted octanol–water partition coefficient (Wildman–Crippen LogP) is 3.75. The van der Waals surface area contributed by atoms with E-state index in [0.717, 1.165) is 22.7 Å². The number of nitrogens with one attached hydrogen (secondary N) is 1. The van der Waals surface area contributed by atoms with Gasteiger partial charge in [-0.25, -0.2) is 9.07 Å². The first kappa shape index (κ1) is 17.5. The minimum absolute atomic E-state index is 0.0127. The van der Waals surface area contributed by atoms with Gasteiger partial charge in [-0.2, -0.15) is 5.10 Å². The normalized spacial score (nSPS) is 13.2. The average Bonchev–Trinajstić information content (AvgIpc) is 2.73. The molecule has 0 bridgehead atoms. The first-order valence-corrected chi connectivity index (χ1v) is 7.79. The molecule has 2 rings (SSSR count). The van der Waals surface area contributed by atoms with Crippen LogP contribution < -0.4 is 10.1 Å². The molecule has 0 aliphatic rings. The largest absolute Gasteiger partial charge is 0.481 e. The van der Waals surface area contributed by atoms with Crippen LogP contribution in [0.5, 0.6) is 5.88 Å². The van der Waals surface area contributed by atoms with E-state index < -0.39 is 0 Å². The summed E-state index contributed by atoms with van der Waals surface area (Å²) in [7, 11) is 3.53. The number of halogens is 1. The fourth-order valence-corrected chi connectivity index (χ4v) is 2.92. The topological polar surface area (TPSA) is 39.1 Å². The molecule has 0 aliphatic heterocycles. The van der Waals surface area contributed by atoms with Crippen molar-refractivity contribution in [3.8, 4) is 5.88 Å². The molecule has 0 saturated carbocycles. The first-order chi connectivity index (χ1) is 10.7. The van der Waals surface area contributed by atoms with Crippen LogP contribution in [0, 0.1) is 18.2 Å². The second kappa shape index (κ2) is 6.71. The molecule has 0 spiro atoms. The van der Waals surface area contributed by atoms with Crippen LogP contribution >= 0.6 is 0 Å². The summed E-state index contributed by atoms with van der Waals surface area (Å²) in [6.07, 6.45) is 0. The van der Waals surface area contributed by atoms with Gasteiger partial charge in [-0.05, 0) is 30.0 Å². The zero-order valence-corrected chi connectivity index (χ0v) is 14.8. The van der Waals surface area contributed by atoms with Gasteiger partial charge in [0.1, 0.15) is 5.82 Å². The van der Waals surface area contributed by atoms with Crippen LogP contribution in [-0.4, -0.2) is 16.9 Å². The van der Waals surface area contributed by atoms with Gasteiger partial charge in [-0.15, -0.1) is 0 Å². The van der Waals surface area contributed by atoms with Gasteiger partial charge in [-0.1, -0.05) is 32.9 Å². The molecule has 5 heteroatoms. The number of hydrogen-bond acceptors (Lipinski definition) is 3. The van der Waals surface area contributed by atoms with Gasteiger partial charge in [0.05, 0.1) is 18.4 Å². The molecule has 1 aromatic carbocycles. The molecule has 126 valence electrons. The number of rotatable bonds is 5. The second-order valence-corrected chi connectivity index (χ2v) is 6.93. The lowest BCUT2D eigenvalue weighted by atomic mass is 9.82. The zero-order chi connectivity index (χ0) is 17.2. The summed E-state index contributed by atoms with van der Waals surface area (Å²) in [6.45, 7) is 9.12. The Hall–Kier alpha value is -1.88. The molecule has 1 N–H and O–H groups in total. The van der Waals surface area contributed by atoms with Crippen LogP contribution in [0.1, 0.15) is 43.6 Å². The monoisotopic (exact) mass is 319 g/mol. The summed E-state index contributed by atoms with van der Waals surface area (Å²) in [5.41, 5.74) is 3.05. The van der Waals surface area contributed by atoms with Gasteiger partial charge in [0.25, 0.3) is 0 Å². The summed E-state index contributed by atoms with van der Waals surface area (Å²) < 4.78 is 20.4. The smallest absolute Gasteiger partial charge is 0.216 e. The van der Waals surface area contributed by atoms with Gasteiger partial charge in [0.2, 0.25) is 5.88 Å². The molecule has 0 aliphatic carbocycles. The number of methoxy groups -OCH3 is 1. The highest BCUT2D eigenvalue weighted by atomic mass is 19.1. The molecule has 23 heavy (non-hydrogen) atoms. The Morgan fingerprint density at radius 2 is 1.87 bits per heavy atom. The highest BCUT2D eigenvalue weighted by Gasteiger charge is 2.27. The third-order valence-electron chi connectivity index (χ3n) is 4.03. The fraction of sp³-hybridized carbons (Fsp3) is 0.500. The quantitative estimate of drug-likeness (QED) is 0.912. The Bertz CT molecular complexity index is 656. The predicted molar refractivity (Wildman–Crippen MR) is 89.9 cm³/mol. The molecule has 2 aromatic rings. The Morgan fingerprint density at radius 1 is 1.26 bits per heavy atom. The van der Waals surface area contributed by atoms with E-state index in [-0.39, 0.29) is 17.3 Å². The maximum absolute atomic E-state index is 13.2. The van der Waals surface area contributed by atoms with Crippen LogP contribution in [0.25, 0.3) is 0 Å². The maximum Gasteiger partial charge on any atom is 0.216 e. The van der Waals surface area contributed by atoms with Gasteiger partial charge in [0.15, 0.2) is 0 Å². The molecule has 1 heterocycles. The number of nitrogens with zero attached hydrogens (tertiary/aromatic N) is 2. The summed E-state index contributed by atoms with van der Waals surface area (Å²) in [5, 5.41) is 7.99. The van der Waals surface area contributed by atoms with Crippen molar-refractivity contribution in [3.63, 3.8) is 0 Å². The minimum atomic E-state index is -0.216. The van der Waals surface area contributed by atoms with E-state index >= 15 is 0 Å². The molecule has 1 aromatic heterocycles. The van der Waals surface area contributed by atoms with Gasteiger partial charge in [-0.3, -0.25) is 0 Å². The molecule has 0 unspecified atom stereocenters. The lowest BCUT2D eigenvalue weighted by Gasteiger charge is -2.32. The van der Waals surface area contributed by atoms with E-state index in [1.807, 2.05) is 26.1 Å². The minimum Gasteiger partial charge on any atom is -0.481 e. The number of aryl methyl sites for hydroxylation is 2. The summed E-state index contributed by atoms with van der Waals surface area (Å²) in [6, 6.07) is 6.78. The van der Waals surface area contributed by atoms with Crippen LogP contribution in [0.4, 0.5) is 4.39 Å². The Morgan fingerprint density at radius 3 is 2.39 bits per heavy atom. The van der Waals surface area contributed by atoms with Crippen molar-refractivity contribution in [1.29, 1.82) is 0 Å². The average molecular weight is 319 g/mol. The highest BCUT2D eigenvalue weighted by Crippen LogP contribution is 2.33. The number of benzene rings is 1. The van der Waals surface area contributed by atoms with Crippen molar-refractivity contribution < 1.29 is 9.13 Å². The fourth-order valence-electron chi connectivity index (χ4n) is 2.92. The number of ether oxygens (including phenoxy) is 1. The number of hydrogen-bond donors (Lipinski definition) is 1. The van der Waals surface area contributed by atoms with Gasteiger partial charge >= 0.3 is 0 Å². The van der Waals surface area contributed by atoms with E-state index in [2.05, 4.69) is 31.2 Å². The van der Waals surface area contributed by atoms with Crippen molar-refractivity contribution in [3.05, 3.63) is 46.9 Å². The molecule has 0 fully saturated rings. The summed E-state index contributed by atoms with van der Waals surface area (Å²) in [4.78, 5) is 0. The first-order valence-electron chi connectivity index (χ1n) is 7.79. The highest BCUT2D eigenvalue weighted by molar-refractivity contribution is 5.31. The van der Waals surface area contributed by atoms with Crippen LogP contribution in [-0.2, 0) is 13.6 Å². The van der Waals surface area contributed by atoms with Crippen molar-refractivity contribution >= 4 is 0 Å². The van der Waals surface area contributed by atoms with Crippen molar-refractivity contribution in [1.82, 2.24) is 15.1 Å². The third kappa shape index (κ3) is 3.91. The van der Waals surface area contributed by atoms with Gasteiger partial charge < -0.3 is 10.1 Å². The molecule has 1 atom stereocenters. The van der Waals surface area contributed by atoms with Crippen molar-refractivity contribution in [2.75, 3.05) is 7.11 Å². The van der Waals surface area contributed by atoms with E-state index in [1.165, 1.54) is 12.1 Å². The van der Waals surface area contributed by atoms with E-state index in [1.54, 1.807) is 11.8 Å². The second-order valence-electron chi connectivity index (χ2n) is 6.93. The van der Waals surface area contributed by atoms with Crippen molar-refractivity contribution in [2.24, 2.45) is 12.5 Å². The standard InChI is InChI=1S/C18H26FN3O/c1-12-15(17(23-6)22(5)21-12)11-20-16(18(2,3)4)13-7-9-14(19)10-8-13/h7-10,16,20H,11H2,1-6H3/t16-/m1/s1. The Kier molecular flexibility index (Phi) is 5.09. The van der Waals surface area contributed by atoms with E-state index in [0.29, 0.717) is 6.54 Å². The molecule has 4 nitrogen and oxygen atoms in total. The van der Waals surface area contributed by atoms with E-state index in [9.17, 15) is 4.39 Å². The maximum atomic E-state index is 13.2. The van der Waals surface area contributed by atoms with Crippen LogP contribution in [0.15, 0.2) is 24.3 Å². The lowest BCUT2D eigenvalue weighted by Crippen LogP contribution is -2.32. The third-order valence-corrected chi connectivity index (χ3v) is 4.03. The number of aromatic nitrogens is 2. The molecule has 0 amide bonds. The summed E-state index contributed by atoms with van der Waals surface area (Å²) >= 11 is 0. The zero-order valence-electron chi connectivity index (χ0n) is 14.8. The molecule has 0 radical (unpaired) electrons. The van der Waals surface area contributed by atoms with Crippen LogP contribution in [0.3, 0.4) is 0 Å². The van der Waals surface area contributed by atoms with E-state index in [4.69, 9.17) is 4.74 Å².